The number of aromatic nitrogens is 1. The molecule has 2 aliphatic heterocycles. The lowest BCUT2D eigenvalue weighted by atomic mass is 10.1. The minimum Gasteiger partial charge on any atom is -0.331 e. The number of fused-ring (bicyclic) bond motifs is 1. The van der Waals surface area contributed by atoms with Gasteiger partial charge in [0, 0.05) is 19.2 Å². The third kappa shape index (κ3) is 3.81. The van der Waals surface area contributed by atoms with Crippen LogP contribution in [0.5, 0.6) is 0 Å². The highest BCUT2D eigenvalue weighted by Gasteiger charge is 2.53. The molecule has 2 unspecified atom stereocenters. The lowest BCUT2D eigenvalue weighted by molar-refractivity contribution is -0.136. The van der Waals surface area contributed by atoms with Crippen LogP contribution in [-0.4, -0.2) is 59.5 Å². The van der Waals surface area contributed by atoms with E-state index in [1.165, 1.54) is 4.31 Å². The van der Waals surface area contributed by atoms with Gasteiger partial charge in [0.2, 0.25) is 15.9 Å². The zero-order chi connectivity index (χ0) is 18.9. The number of hydrogen-bond acceptors (Lipinski definition) is 5. The molecule has 0 radical (unpaired) electrons. The van der Waals surface area contributed by atoms with Gasteiger partial charge < -0.3 is 4.90 Å². The van der Waals surface area contributed by atoms with Crippen molar-refractivity contribution in [2.45, 2.75) is 50.9 Å². The molecule has 0 aromatic carbocycles. The second kappa shape index (κ2) is 7.44. The fourth-order valence-corrected chi connectivity index (χ4v) is 5.39. The van der Waals surface area contributed by atoms with Gasteiger partial charge in [-0.3, -0.25) is 14.6 Å². The molecule has 1 aromatic heterocycles. The van der Waals surface area contributed by atoms with Gasteiger partial charge >= 0.3 is 0 Å². The third-order valence-corrected chi connectivity index (χ3v) is 6.82. The Labute approximate surface area is 154 Å². The summed E-state index contributed by atoms with van der Waals surface area (Å²) < 4.78 is 26.9. The number of likely N-dealkylation sites (tertiary alicyclic amines) is 1. The standard InChI is InChI=1S/C18H25N3O4S/c1-13(2)6-7-17(23)20-10-8-15-18(20)16(22)11-21(15)26(24,25)12-14-5-3-4-9-19-14/h3-5,9,13,15,18H,6-8,10-12H2,1-2H3. The molecule has 0 spiro atoms. The Morgan fingerprint density at radius 3 is 2.77 bits per heavy atom. The van der Waals surface area contributed by atoms with E-state index in [-0.39, 0.29) is 24.0 Å². The molecule has 142 valence electrons. The highest BCUT2D eigenvalue weighted by molar-refractivity contribution is 7.88. The highest BCUT2D eigenvalue weighted by atomic mass is 32.2. The van der Waals surface area contributed by atoms with Gasteiger partial charge in [-0.25, -0.2) is 8.42 Å². The molecule has 0 N–H and O–H groups in total. The molecule has 2 aliphatic rings. The minimum absolute atomic E-state index is 0.0523. The first-order valence-electron chi connectivity index (χ1n) is 9.01. The average Bonchev–Trinajstić information content (AvgIpc) is 3.15. The number of hydrogen-bond donors (Lipinski definition) is 0. The topological polar surface area (TPSA) is 87.7 Å². The smallest absolute Gasteiger partial charge is 0.223 e. The molecule has 26 heavy (non-hydrogen) atoms. The Bertz CT molecular complexity index is 779. The van der Waals surface area contributed by atoms with Gasteiger partial charge in [-0.2, -0.15) is 4.31 Å². The van der Waals surface area contributed by atoms with Gasteiger partial charge in [0.05, 0.1) is 18.3 Å². The molecular weight excluding hydrogens is 354 g/mol. The zero-order valence-corrected chi connectivity index (χ0v) is 16.0. The van der Waals surface area contributed by atoms with Gasteiger partial charge in [0.25, 0.3) is 0 Å². The van der Waals surface area contributed by atoms with Gasteiger partial charge in [-0.1, -0.05) is 19.9 Å². The molecule has 2 fully saturated rings. The summed E-state index contributed by atoms with van der Waals surface area (Å²) in [7, 11) is -3.66. The van der Waals surface area contributed by atoms with Crippen molar-refractivity contribution < 1.29 is 18.0 Å². The Hall–Kier alpha value is -1.80. The minimum atomic E-state index is -3.66. The largest absolute Gasteiger partial charge is 0.331 e. The number of ketones is 1. The maximum atomic E-state index is 12.8. The summed E-state index contributed by atoms with van der Waals surface area (Å²) in [4.78, 5) is 30.6. The van der Waals surface area contributed by atoms with Crippen molar-refractivity contribution in [3.05, 3.63) is 30.1 Å². The molecule has 7 nitrogen and oxygen atoms in total. The Kier molecular flexibility index (Phi) is 5.43. The summed E-state index contributed by atoms with van der Waals surface area (Å²) in [6, 6.07) is 4.04. The number of amides is 1. The lowest BCUT2D eigenvalue weighted by Gasteiger charge is -2.24. The van der Waals surface area contributed by atoms with E-state index in [1.807, 2.05) is 13.8 Å². The normalized spacial score (nSPS) is 23.7. The summed E-state index contributed by atoms with van der Waals surface area (Å²) in [6.07, 6.45) is 3.22. The van der Waals surface area contributed by atoms with Crippen molar-refractivity contribution in [3.8, 4) is 0 Å². The summed E-state index contributed by atoms with van der Waals surface area (Å²) >= 11 is 0. The molecule has 2 saturated heterocycles. The van der Waals surface area contributed by atoms with Crippen LogP contribution in [0.4, 0.5) is 0 Å². The molecule has 0 aliphatic carbocycles. The average molecular weight is 379 g/mol. The van der Waals surface area contributed by atoms with Crippen molar-refractivity contribution >= 4 is 21.7 Å². The first-order chi connectivity index (χ1) is 12.3. The molecule has 1 aromatic rings. The molecular formula is C18H25N3O4S. The third-order valence-electron chi connectivity index (χ3n) is 5.05. The van der Waals surface area contributed by atoms with Crippen LogP contribution in [0.15, 0.2) is 24.4 Å². The first kappa shape index (κ1) is 19.0. The maximum Gasteiger partial charge on any atom is 0.223 e. The van der Waals surface area contributed by atoms with Crippen LogP contribution >= 0.6 is 0 Å². The number of carbonyl (C=O) groups is 2. The van der Waals surface area contributed by atoms with E-state index < -0.39 is 22.1 Å². The second-order valence-electron chi connectivity index (χ2n) is 7.41. The highest BCUT2D eigenvalue weighted by Crippen LogP contribution is 2.33. The lowest BCUT2D eigenvalue weighted by Crippen LogP contribution is -2.43. The van der Waals surface area contributed by atoms with E-state index in [0.717, 1.165) is 6.42 Å². The SMILES string of the molecule is CC(C)CCC(=O)N1CCC2C1C(=O)CN2S(=O)(=O)Cc1ccccn1. The van der Waals surface area contributed by atoms with E-state index in [9.17, 15) is 18.0 Å². The van der Waals surface area contributed by atoms with Crippen LogP contribution in [0.1, 0.15) is 38.8 Å². The summed E-state index contributed by atoms with van der Waals surface area (Å²) in [5.41, 5.74) is 0.450. The van der Waals surface area contributed by atoms with Crippen LogP contribution in [-0.2, 0) is 25.4 Å². The zero-order valence-electron chi connectivity index (χ0n) is 15.2. The van der Waals surface area contributed by atoms with Crippen molar-refractivity contribution in [1.29, 1.82) is 0 Å². The van der Waals surface area contributed by atoms with Gasteiger partial charge in [-0.15, -0.1) is 0 Å². The second-order valence-corrected chi connectivity index (χ2v) is 9.33. The van der Waals surface area contributed by atoms with E-state index >= 15 is 0 Å². The number of rotatable bonds is 6. The fourth-order valence-electron chi connectivity index (χ4n) is 3.72. The van der Waals surface area contributed by atoms with E-state index in [1.54, 1.807) is 29.3 Å². The maximum absolute atomic E-state index is 12.8. The molecule has 8 heteroatoms. The van der Waals surface area contributed by atoms with Gasteiger partial charge in [0.15, 0.2) is 5.78 Å². The number of nitrogens with zero attached hydrogens (tertiary/aromatic N) is 3. The summed E-state index contributed by atoms with van der Waals surface area (Å²) in [5, 5.41) is 0. The molecule has 3 rings (SSSR count). The Morgan fingerprint density at radius 2 is 2.12 bits per heavy atom. The van der Waals surface area contributed by atoms with Crippen LogP contribution in [0.25, 0.3) is 0 Å². The predicted octanol–water partition coefficient (Wildman–Crippen LogP) is 1.20. The van der Waals surface area contributed by atoms with Gasteiger partial charge in [0.1, 0.15) is 11.8 Å². The Morgan fingerprint density at radius 1 is 1.35 bits per heavy atom. The molecule has 0 bridgehead atoms. The van der Waals surface area contributed by atoms with Gasteiger partial charge in [-0.05, 0) is 30.9 Å². The van der Waals surface area contributed by atoms with Crippen LogP contribution in [0.2, 0.25) is 0 Å². The first-order valence-corrected chi connectivity index (χ1v) is 10.6. The van der Waals surface area contributed by atoms with E-state index in [2.05, 4.69) is 4.98 Å². The number of Topliss-reactive ketones (excluding diaryl/α,β-unsaturated/α-hetero) is 1. The summed E-state index contributed by atoms with van der Waals surface area (Å²) in [6.45, 7) is 4.38. The van der Waals surface area contributed by atoms with E-state index in [0.29, 0.717) is 31.0 Å². The van der Waals surface area contributed by atoms with Crippen LogP contribution in [0.3, 0.4) is 0 Å². The van der Waals surface area contributed by atoms with Crippen molar-refractivity contribution in [2.75, 3.05) is 13.1 Å². The summed E-state index contributed by atoms with van der Waals surface area (Å²) in [5.74, 6) is -0.0589. The molecule has 2 atom stereocenters. The fraction of sp³-hybridized carbons (Fsp3) is 0.611. The molecule has 0 saturated carbocycles. The quantitative estimate of drug-likeness (QED) is 0.741. The number of carbonyl (C=O) groups excluding carboxylic acids is 2. The molecule has 1 amide bonds. The van der Waals surface area contributed by atoms with Crippen molar-refractivity contribution in [2.24, 2.45) is 5.92 Å². The number of pyridine rings is 1. The van der Waals surface area contributed by atoms with Crippen molar-refractivity contribution in [1.82, 2.24) is 14.2 Å². The van der Waals surface area contributed by atoms with Crippen molar-refractivity contribution in [3.63, 3.8) is 0 Å². The molecule has 3 heterocycles. The van der Waals surface area contributed by atoms with E-state index in [4.69, 9.17) is 0 Å². The van der Waals surface area contributed by atoms with Crippen LogP contribution in [0, 0.1) is 5.92 Å². The van der Waals surface area contributed by atoms with Crippen LogP contribution < -0.4 is 0 Å². The predicted molar refractivity (Wildman–Crippen MR) is 96.6 cm³/mol. The number of sulfonamides is 1. The monoisotopic (exact) mass is 379 g/mol. The Balaban J connectivity index is 1.73.